The second-order valence-electron chi connectivity index (χ2n) is 4.87. The van der Waals surface area contributed by atoms with Gasteiger partial charge in [0.1, 0.15) is 0 Å². The molecule has 2 rings (SSSR count). The van der Waals surface area contributed by atoms with Crippen LogP contribution in [0, 0.1) is 0 Å². The van der Waals surface area contributed by atoms with Crippen LogP contribution in [-0.4, -0.2) is 24.5 Å². The topological polar surface area (TPSA) is 52.9 Å². The van der Waals surface area contributed by atoms with Gasteiger partial charge in [0.05, 0.1) is 0 Å². The minimum atomic E-state index is 0. The molecule has 117 valence electrons. The van der Waals surface area contributed by atoms with E-state index < -0.39 is 0 Å². The first-order valence-electron chi connectivity index (χ1n) is 6.79. The molecule has 0 saturated heterocycles. The predicted octanol–water partition coefficient (Wildman–Crippen LogP) is 2.94. The van der Waals surface area contributed by atoms with Crippen LogP contribution in [0.15, 0.2) is 46.6 Å². The van der Waals surface area contributed by atoms with Crippen molar-refractivity contribution >= 4 is 12.4 Å². The molecule has 5 heteroatoms. The minimum absolute atomic E-state index is 0. The molecular weight excluding hydrogens is 312 g/mol. The molecule has 0 saturated carbocycles. The molecule has 2 aromatic rings. The third-order valence-corrected chi connectivity index (χ3v) is 2.16. The summed E-state index contributed by atoms with van der Waals surface area (Å²) in [7, 11) is 0. The summed E-state index contributed by atoms with van der Waals surface area (Å²) in [6, 6.07) is 8.40. The third-order valence-electron chi connectivity index (χ3n) is 2.16. The zero-order chi connectivity index (χ0) is 14.8. The summed E-state index contributed by atoms with van der Waals surface area (Å²) in [5, 5.41) is 0. The van der Waals surface area contributed by atoms with E-state index in [9.17, 15) is 0 Å². The number of aliphatic imine (C=N–C) groups is 2. The van der Waals surface area contributed by atoms with Gasteiger partial charge in [-0.2, -0.15) is 12.4 Å². The fourth-order valence-corrected chi connectivity index (χ4v) is 1.23. The van der Waals surface area contributed by atoms with Crippen LogP contribution in [0.5, 0.6) is 0 Å². The Bertz CT molecular complexity index is 448. The maximum Gasteiger partial charge on any atom is 2.00 e. The predicted molar refractivity (Wildman–Crippen MR) is 85.0 cm³/mol. The van der Waals surface area contributed by atoms with Gasteiger partial charge in [0.15, 0.2) is 0 Å². The average molecular weight is 334 g/mol. The van der Waals surface area contributed by atoms with Crippen LogP contribution in [0.25, 0.3) is 0 Å². The zero-order valence-corrected chi connectivity index (χ0v) is 13.8. The molecule has 0 N–H and O–H groups in total. The van der Waals surface area contributed by atoms with E-state index in [1.165, 1.54) is 0 Å². The fourth-order valence-electron chi connectivity index (χ4n) is 1.23. The van der Waals surface area contributed by atoms with Crippen molar-refractivity contribution in [1.29, 1.82) is 0 Å². The SMILES string of the molecule is CC(C)N=Cc1ccc[n-]1.CC(C)N=Cc1ccc[n-]1.[Cu+2]. The van der Waals surface area contributed by atoms with Gasteiger partial charge < -0.3 is 9.97 Å². The Labute approximate surface area is 137 Å². The van der Waals surface area contributed by atoms with E-state index in [4.69, 9.17) is 0 Å². The van der Waals surface area contributed by atoms with E-state index in [1.807, 2.05) is 52.0 Å². The summed E-state index contributed by atoms with van der Waals surface area (Å²) in [5.41, 5.74) is 1.88. The normalized spacial score (nSPS) is 11.0. The molecule has 0 atom stereocenters. The Balaban J connectivity index is 0.000000364. The molecule has 4 nitrogen and oxygen atoms in total. The van der Waals surface area contributed by atoms with Crippen LogP contribution in [0.2, 0.25) is 0 Å². The molecule has 0 aliphatic carbocycles. The van der Waals surface area contributed by atoms with Crippen LogP contribution in [0.4, 0.5) is 0 Å². The molecule has 21 heavy (non-hydrogen) atoms. The maximum absolute atomic E-state index is 4.18. The minimum Gasteiger partial charge on any atom is -0.663 e. The van der Waals surface area contributed by atoms with Gasteiger partial charge in [-0.3, -0.25) is 9.98 Å². The van der Waals surface area contributed by atoms with Crippen molar-refractivity contribution in [3.63, 3.8) is 0 Å². The van der Waals surface area contributed by atoms with Gasteiger partial charge in [-0.15, -0.1) is 11.4 Å². The molecule has 0 aliphatic rings. The van der Waals surface area contributed by atoms with E-state index in [0.29, 0.717) is 12.1 Å². The largest absolute Gasteiger partial charge is 2.00 e. The molecule has 0 bridgehead atoms. The standard InChI is InChI=1S/2C8H11N2.Cu/c2*1-7(2)10-6-8-4-3-5-9-8;/h2*3-7H,1-2H3;/q2*-1;+2. The molecule has 2 heterocycles. The monoisotopic (exact) mass is 333 g/mol. The molecule has 0 amide bonds. The van der Waals surface area contributed by atoms with Crippen LogP contribution < -0.4 is 9.97 Å². The second-order valence-corrected chi connectivity index (χ2v) is 4.87. The summed E-state index contributed by atoms with van der Waals surface area (Å²) in [4.78, 5) is 16.4. The average Bonchev–Trinajstić information content (AvgIpc) is 3.08. The van der Waals surface area contributed by atoms with Gasteiger partial charge in [0.25, 0.3) is 0 Å². The van der Waals surface area contributed by atoms with Crippen molar-refractivity contribution in [2.45, 2.75) is 39.8 Å². The molecule has 0 aromatic carbocycles. The Kier molecular flexibility index (Phi) is 10.3. The van der Waals surface area contributed by atoms with Crippen molar-refractivity contribution in [2.75, 3.05) is 0 Å². The maximum atomic E-state index is 4.18. The van der Waals surface area contributed by atoms with E-state index >= 15 is 0 Å². The summed E-state index contributed by atoms with van der Waals surface area (Å²) >= 11 is 0. The van der Waals surface area contributed by atoms with Crippen molar-refractivity contribution in [2.24, 2.45) is 9.98 Å². The Hall–Kier alpha value is -1.58. The van der Waals surface area contributed by atoms with Gasteiger partial charge in [0, 0.05) is 24.5 Å². The Morgan fingerprint density at radius 1 is 0.810 bits per heavy atom. The van der Waals surface area contributed by atoms with Crippen LogP contribution in [0.1, 0.15) is 39.1 Å². The number of hydrogen-bond donors (Lipinski definition) is 0. The first kappa shape index (κ1) is 19.4. The molecule has 0 spiro atoms. The Morgan fingerprint density at radius 3 is 1.43 bits per heavy atom. The van der Waals surface area contributed by atoms with Crippen LogP contribution >= 0.6 is 0 Å². The van der Waals surface area contributed by atoms with E-state index in [2.05, 4.69) is 20.0 Å². The van der Waals surface area contributed by atoms with E-state index in [0.717, 1.165) is 11.4 Å². The van der Waals surface area contributed by atoms with Crippen LogP contribution in [0.3, 0.4) is 0 Å². The second kappa shape index (κ2) is 11.1. The third kappa shape index (κ3) is 9.88. The fraction of sp³-hybridized carbons (Fsp3) is 0.375. The molecule has 0 aliphatic heterocycles. The van der Waals surface area contributed by atoms with Crippen molar-refractivity contribution in [3.8, 4) is 0 Å². The van der Waals surface area contributed by atoms with Crippen molar-refractivity contribution < 1.29 is 17.1 Å². The molecule has 1 radical (unpaired) electrons. The molecule has 2 aromatic heterocycles. The van der Waals surface area contributed by atoms with Crippen molar-refractivity contribution in [1.82, 2.24) is 9.97 Å². The summed E-state index contributed by atoms with van der Waals surface area (Å²) in [6.07, 6.45) is 7.12. The van der Waals surface area contributed by atoms with E-state index in [1.54, 1.807) is 24.8 Å². The van der Waals surface area contributed by atoms with Gasteiger partial charge in [0.2, 0.25) is 0 Å². The molecule has 0 unspecified atom stereocenters. The number of hydrogen-bond acceptors (Lipinski definition) is 2. The summed E-state index contributed by atoms with van der Waals surface area (Å²) in [6.45, 7) is 8.16. The molecular formula is C16H22CuN4. The summed E-state index contributed by atoms with van der Waals surface area (Å²) in [5.74, 6) is 0. The van der Waals surface area contributed by atoms with Gasteiger partial charge in [-0.25, -0.2) is 0 Å². The smallest absolute Gasteiger partial charge is 0.663 e. The van der Waals surface area contributed by atoms with E-state index in [-0.39, 0.29) is 17.1 Å². The first-order valence-corrected chi connectivity index (χ1v) is 6.79. The quantitative estimate of drug-likeness (QED) is 0.638. The van der Waals surface area contributed by atoms with Gasteiger partial charge in [-0.05, 0) is 27.7 Å². The summed E-state index contributed by atoms with van der Waals surface area (Å²) < 4.78 is 0. The first-order chi connectivity index (χ1) is 9.58. The zero-order valence-electron chi connectivity index (χ0n) is 12.9. The van der Waals surface area contributed by atoms with Crippen molar-refractivity contribution in [3.05, 3.63) is 48.0 Å². The molecule has 0 fully saturated rings. The number of nitrogens with zero attached hydrogens (tertiary/aromatic N) is 4. The number of aromatic nitrogens is 2. The number of rotatable bonds is 4. The van der Waals surface area contributed by atoms with Gasteiger partial charge >= 0.3 is 17.1 Å². The van der Waals surface area contributed by atoms with Crippen LogP contribution in [-0.2, 0) is 17.1 Å². The van der Waals surface area contributed by atoms with Gasteiger partial charge in [-0.1, -0.05) is 24.3 Å². The Morgan fingerprint density at radius 2 is 1.19 bits per heavy atom.